The summed E-state index contributed by atoms with van der Waals surface area (Å²) in [6.07, 6.45) is 2.31. The Bertz CT molecular complexity index is 504. The Balaban J connectivity index is 2.58. The second-order valence-electron chi connectivity index (χ2n) is 2.72. The van der Waals surface area contributed by atoms with E-state index in [1.165, 1.54) is 18.5 Å². The first-order valence-electron chi connectivity index (χ1n) is 3.96. The molecular weight excluding hydrogens is 240 g/mol. The van der Waals surface area contributed by atoms with Gasteiger partial charge in [-0.1, -0.05) is 23.2 Å². The van der Waals surface area contributed by atoms with Gasteiger partial charge in [0.05, 0.1) is 11.9 Å². The largest absolute Gasteiger partial charge is 0.241 e. The number of hydrogen-bond acceptors (Lipinski definition) is 3. The van der Waals surface area contributed by atoms with Crippen LogP contribution in [0.1, 0.15) is 0 Å². The molecule has 0 radical (unpaired) electrons. The van der Waals surface area contributed by atoms with Crippen molar-refractivity contribution in [3.8, 4) is 11.3 Å². The van der Waals surface area contributed by atoms with Crippen molar-refractivity contribution in [2.24, 2.45) is 0 Å². The van der Waals surface area contributed by atoms with Gasteiger partial charge in [-0.2, -0.15) is 0 Å². The minimum absolute atomic E-state index is 0.172. The monoisotopic (exact) mass is 243 g/mol. The van der Waals surface area contributed by atoms with E-state index in [0.29, 0.717) is 11.3 Å². The quantitative estimate of drug-likeness (QED) is 0.571. The maximum absolute atomic E-state index is 12.9. The van der Waals surface area contributed by atoms with Crippen LogP contribution in [0.5, 0.6) is 0 Å². The fraction of sp³-hybridized carbons (Fsp3) is 0. The SMILES string of the molecule is Fc1cnc(Cl)c(-c2cc(Cl)ncn2)c1. The summed E-state index contributed by atoms with van der Waals surface area (Å²) < 4.78 is 12.9. The van der Waals surface area contributed by atoms with Crippen LogP contribution in [0.25, 0.3) is 11.3 Å². The summed E-state index contributed by atoms with van der Waals surface area (Å²) in [7, 11) is 0. The highest BCUT2D eigenvalue weighted by Crippen LogP contribution is 2.25. The summed E-state index contributed by atoms with van der Waals surface area (Å²) in [6, 6.07) is 2.73. The van der Waals surface area contributed by atoms with Crippen LogP contribution in [0, 0.1) is 5.82 Å². The highest BCUT2D eigenvalue weighted by molar-refractivity contribution is 6.32. The van der Waals surface area contributed by atoms with Crippen molar-refractivity contribution < 1.29 is 4.39 Å². The summed E-state index contributed by atoms with van der Waals surface area (Å²) in [5.74, 6) is -0.482. The van der Waals surface area contributed by atoms with Gasteiger partial charge in [0.1, 0.15) is 22.5 Å². The van der Waals surface area contributed by atoms with Crippen molar-refractivity contribution >= 4 is 23.2 Å². The summed E-state index contributed by atoms with van der Waals surface area (Å²) in [6.45, 7) is 0. The molecule has 0 aliphatic heterocycles. The smallest absolute Gasteiger partial charge is 0.142 e. The molecule has 15 heavy (non-hydrogen) atoms. The van der Waals surface area contributed by atoms with Crippen LogP contribution in [0.2, 0.25) is 10.3 Å². The molecular formula is C9H4Cl2FN3. The average molecular weight is 244 g/mol. The number of nitrogens with zero attached hydrogens (tertiary/aromatic N) is 3. The second-order valence-corrected chi connectivity index (χ2v) is 3.46. The number of halogens is 3. The number of aromatic nitrogens is 3. The molecule has 2 aromatic heterocycles. The molecule has 0 bridgehead atoms. The topological polar surface area (TPSA) is 38.7 Å². The highest BCUT2D eigenvalue weighted by Gasteiger charge is 2.08. The molecule has 0 aromatic carbocycles. The number of hydrogen-bond donors (Lipinski definition) is 0. The van der Waals surface area contributed by atoms with Crippen LogP contribution in [-0.4, -0.2) is 15.0 Å². The van der Waals surface area contributed by atoms with E-state index in [1.807, 2.05) is 0 Å². The lowest BCUT2D eigenvalue weighted by atomic mass is 10.2. The lowest BCUT2D eigenvalue weighted by molar-refractivity contribution is 0.622. The molecule has 3 nitrogen and oxygen atoms in total. The van der Waals surface area contributed by atoms with Crippen LogP contribution < -0.4 is 0 Å². The van der Waals surface area contributed by atoms with Crippen LogP contribution in [0.3, 0.4) is 0 Å². The van der Waals surface area contributed by atoms with Crippen molar-refractivity contribution in [2.45, 2.75) is 0 Å². The van der Waals surface area contributed by atoms with Crippen LogP contribution in [0.4, 0.5) is 4.39 Å². The first-order valence-corrected chi connectivity index (χ1v) is 4.71. The van der Waals surface area contributed by atoms with Gasteiger partial charge in [-0.3, -0.25) is 0 Å². The molecule has 0 saturated heterocycles. The predicted molar refractivity (Wildman–Crippen MR) is 55.2 cm³/mol. The third kappa shape index (κ3) is 2.22. The molecule has 6 heteroatoms. The van der Waals surface area contributed by atoms with Gasteiger partial charge in [0.2, 0.25) is 0 Å². The van der Waals surface area contributed by atoms with E-state index in [2.05, 4.69) is 15.0 Å². The Morgan fingerprint density at radius 1 is 1.07 bits per heavy atom. The van der Waals surface area contributed by atoms with Crippen LogP contribution >= 0.6 is 23.2 Å². The molecule has 0 spiro atoms. The van der Waals surface area contributed by atoms with Crippen molar-refractivity contribution in [3.05, 3.63) is 40.8 Å². The molecule has 0 amide bonds. The van der Waals surface area contributed by atoms with Crippen LogP contribution in [0.15, 0.2) is 24.7 Å². The fourth-order valence-electron chi connectivity index (χ4n) is 1.08. The third-order valence-corrected chi connectivity index (χ3v) is 2.22. The number of rotatable bonds is 1. The predicted octanol–water partition coefficient (Wildman–Crippen LogP) is 2.98. The molecule has 0 saturated carbocycles. The highest BCUT2D eigenvalue weighted by atomic mass is 35.5. The Kier molecular flexibility index (Phi) is 2.79. The zero-order valence-corrected chi connectivity index (χ0v) is 8.80. The first kappa shape index (κ1) is 10.3. The van der Waals surface area contributed by atoms with E-state index in [4.69, 9.17) is 23.2 Å². The summed E-state index contributed by atoms with van der Waals surface area (Å²) in [5.41, 5.74) is 0.827. The molecule has 0 atom stereocenters. The van der Waals surface area contributed by atoms with Gasteiger partial charge in [0.15, 0.2) is 0 Å². The van der Waals surface area contributed by atoms with Crippen molar-refractivity contribution in [1.29, 1.82) is 0 Å². The first-order chi connectivity index (χ1) is 7.16. The van der Waals surface area contributed by atoms with Crippen LogP contribution in [-0.2, 0) is 0 Å². The van der Waals surface area contributed by atoms with E-state index in [1.54, 1.807) is 0 Å². The Labute approximate surface area is 94.9 Å². The average Bonchev–Trinajstić information content (AvgIpc) is 2.22. The Hall–Kier alpha value is -1.26. The molecule has 2 heterocycles. The van der Waals surface area contributed by atoms with E-state index in [-0.39, 0.29) is 10.3 Å². The molecule has 0 N–H and O–H groups in total. The van der Waals surface area contributed by atoms with E-state index >= 15 is 0 Å². The van der Waals surface area contributed by atoms with Gasteiger partial charge < -0.3 is 0 Å². The van der Waals surface area contributed by atoms with Gasteiger partial charge in [-0.25, -0.2) is 19.3 Å². The maximum Gasteiger partial charge on any atom is 0.142 e. The summed E-state index contributed by atoms with van der Waals surface area (Å²) in [4.78, 5) is 11.3. The molecule has 0 aliphatic rings. The maximum atomic E-state index is 12.9. The minimum atomic E-state index is -0.482. The molecule has 0 aliphatic carbocycles. The lowest BCUT2D eigenvalue weighted by Gasteiger charge is -2.02. The van der Waals surface area contributed by atoms with E-state index in [9.17, 15) is 4.39 Å². The Morgan fingerprint density at radius 2 is 1.87 bits per heavy atom. The van der Waals surface area contributed by atoms with Gasteiger partial charge in [-0.15, -0.1) is 0 Å². The molecule has 2 rings (SSSR count). The van der Waals surface area contributed by atoms with Gasteiger partial charge in [-0.05, 0) is 6.07 Å². The molecule has 2 aromatic rings. The van der Waals surface area contributed by atoms with E-state index in [0.717, 1.165) is 6.20 Å². The van der Waals surface area contributed by atoms with Gasteiger partial charge >= 0.3 is 0 Å². The lowest BCUT2D eigenvalue weighted by Crippen LogP contribution is -1.90. The fourth-order valence-corrected chi connectivity index (χ4v) is 1.43. The number of pyridine rings is 1. The minimum Gasteiger partial charge on any atom is -0.241 e. The zero-order valence-electron chi connectivity index (χ0n) is 7.28. The van der Waals surface area contributed by atoms with E-state index < -0.39 is 5.82 Å². The third-order valence-electron chi connectivity index (χ3n) is 1.72. The van der Waals surface area contributed by atoms with Crippen molar-refractivity contribution in [1.82, 2.24) is 15.0 Å². The Morgan fingerprint density at radius 3 is 2.60 bits per heavy atom. The summed E-state index contributed by atoms with van der Waals surface area (Å²) in [5, 5.41) is 0.437. The zero-order chi connectivity index (χ0) is 10.8. The van der Waals surface area contributed by atoms with Gasteiger partial charge in [0, 0.05) is 11.6 Å². The van der Waals surface area contributed by atoms with Crippen molar-refractivity contribution in [3.63, 3.8) is 0 Å². The standard InChI is InChI=1S/C9H4Cl2FN3/c10-8-2-7(14-4-15-8)6-1-5(12)3-13-9(6)11/h1-4H. The molecule has 76 valence electrons. The normalized spacial score (nSPS) is 10.3. The van der Waals surface area contributed by atoms with Crippen molar-refractivity contribution in [2.75, 3.05) is 0 Å². The second kappa shape index (κ2) is 4.08. The molecule has 0 fully saturated rings. The molecule has 0 unspecified atom stereocenters. The van der Waals surface area contributed by atoms with Gasteiger partial charge in [0.25, 0.3) is 0 Å². The summed E-state index contributed by atoms with van der Waals surface area (Å²) >= 11 is 11.5.